The number of nitrogens with zero attached hydrogens (tertiary/aromatic N) is 3. The van der Waals surface area contributed by atoms with E-state index in [-0.39, 0.29) is 0 Å². The number of carbonyl (C=O) groups is 3. The maximum absolute atomic E-state index is 11.8. The van der Waals surface area contributed by atoms with Gasteiger partial charge in [-0.2, -0.15) is 0 Å². The molecule has 0 saturated carbocycles. The smallest absolute Gasteiger partial charge is 0.312 e. The molecule has 0 atom stereocenters. The molecule has 0 aromatic rings. The van der Waals surface area contributed by atoms with Gasteiger partial charge >= 0.3 is 11.8 Å². The number of amides is 3. The fourth-order valence-electron chi connectivity index (χ4n) is 2.17. The van der Waals surface area contributed by atoms with E-state index in [0.717, 1.165) is 6.41 Å². The Balaban J connectivity index is 2.05. The van der Waals surface area contributed by atoms with Crippen molar-refractivity contribution in [1.82, 2.24) is 20.0 Å². The SMILES string of the molecule is O=CN1CCNCCN2CCN(CC1)C(=O)C2=O. The van der Waals surface area contributed by atoms with E-state index in [2.05, 4.69) is 5.32 Å². The Bertz CT molecular complexity index is 345. The fraction of sp³-hybridized carbons (Fsp3) is 0.727. The second-order valence-corrected chi connectivity index (χ2v) is 4.48. The van der Waals surface area contributed by atoms with Crippen molar-refractivity contribution in [3.63, 3.8) is 0 Å². The molecule has 2 bridgehead atoms. The highest BCUT2D eigenvalue weighted by molar-refractivity contribution is 6.35. The average Bonchev–Trinajstić information content (AvgIpc) is 2.37. The summed E-state index contributed by atoms with van der Waals surface area (Å²) in [5.41, 5.74) is 0. The topological polar surface area (TPSA) is 73.0 Å². The highest BCUT2D eigenvalue weighted by Gasteiger charge is 2.32. The van der Waals surface area contributed by atoms with Gasteiger partial charge in [0.25, 0.3) is 0 Å². The summed E-state index contributed by atoms with van der Waals surface area (Å²) in [6.07, 6.45) is 0.788. The van der Waals surface area contributed by atoms with Gasteiger partial charge in [-0.1, -0.05) is 0 Å². The minimum absolute atomic E-state index is 0.428. The summed E-state index contributed by atoms with van der Waals surface area (Å²) < 4.78 is 0. The Hall–Kier alpha value is -1.63. The minimum Gasteiger partial charge on any atom is -0.342 e. The van der Waals surface area contributed by atoms with E-state index in [1.165, 1.54) is 4.90 Å². The van der Waals surface area contributed by atoms with Crippen molar-refractivity contribution in [2.45, 2.75) is 0 Å². The molecule has 0 spiro atoms. The highest BCUT2D eigenvalue weighted by atomic mass is 16.2. The third kappa shape index (κ3) is 2.79. The normalized spacial score (nSPS) is 22.8. The van der Waals surface area contributed by atoms with Crippen LogP contribution < -0.4 is 5.32 Å². The van der Waals surface area contributed by atoms with E-state index in [4.69, 9.17) is 0 Å². The second-order valence-electron chi connectivity index (χ2n) is 4.48. The first-order chi connectivity index (χ1) is 8.72. The Morgan fingerprint density at radius 1 is 0.833 bits per heavy atom. The molecule has 0 aromatic carbocycles. The van der Waals surface area contributed by atoms with Crippen LogP contribution in [0.5, 0.6) is 0 Å². The number of hydrogen-bond acceptors (Lipinski definition) is 4. The van der Waals surface area contributed by atoms with Gasteiger partial charge in [0.15, 0.2) is 0 Å². The van der Waals surface area contributed by atoms with Crippen molar-refractivity contribution in [3.8, 4) is 0 Å². The Morgan fingerprint density at radius 3 is 2.06 bits per heavy atom. The van der Waals surface area contributed by atoms with E-state index in [1.807, 2.05) is 0 Å². The monoisotopic (exact) mass is 254 g/mol. The van der Waals surface area contributed by atoms with Crippen molar-refractivity contribution >= 4 is 18.2 Å². The maximum Gasteiger partial charge on any atom is 0.312 e. The average molecular weight is 254 g/mol. The van der Waals surface area contributed by atoms with Gasteiger partial charge in [-0.3, -0.25) is 14.4 Å². The van der Waals surface area contributed by atoms with Gasteiger partial charge in [-0.05, 0) is 0 Å². The second kappa shape index (κ2) is 5.81. The highest BCUT2D eigenvalue weighted by Crippen LogP contribution is 2.05. The number of nitrogens with one attached hydrogen (secondary N) is 1. The Kier molecular flexibility index (Phi) is 4.14. The molecule has 3 rings (SSSR count). The van der Waals surface area contributed by atoms with E-state index < -0.39 is 11.8 Å². The first kappa shape index (κ1) is 12.8. The first-order valence-corrected chi connectivity index (χ1v) is 6.20. The molecule has 3 aliphatic heterocycles. The van der Waals surface area contributed by atoms with E-state index in [9.17, 15) is 14.4 Å². The van der Waals surface area contributed by atoms with Gasteiger partial charge in [0.1, 0.15) is 0 Å². The molecule has 0 radical (unpaired) electrons. The van der Waals surface area contributed by atoms with E-state index in [0.29, 0.717) is 52.4 Å². The van der Waals surface area contributed by atoms with Crippen molar-refractivity contribution in [2.75, 3.05) is 52.4 Å². The van der Waals surface area contributed by atoms with Crippen molar-refractivity contribution in [3.05, 3.63) is 0 Å². The minimum atomic E-state index is -0.451. The van der Waals surface area contributed by atoms with Crippen LogP contribution in [0.15, 0.2) is 0 Å². The van der Waals surface area contributed by atoms with Gasteiger partial charge in [-0.15, -0.1) is 0 Å². The lowest BCUT2D eigenvalue weighted by atomic mass is 10.2. The number of rotatable bonds is 1. The van der Waals surface area contributed by atoms with Crippen LogP contribution in [0.4, 0.5) is 0 Å². The molecule has 3 amide bonds. The molecule has 3 aliphatic rings. The largest absolute Gasteiger partial charge is 0.342 e. The van der Waals surface area contributed by atoms with Crippen LogP contribution in [0.25, 0.3) is 0 Å². The summed E-state index contributed by atoms with van der Waals surface area (Å²) in [6.45, 7) is 4.55. The van der Waals surface area contributed by atoms with Gasteiger partial charge in [-0.25, -0.2) is 0 Å². The molecule has 7 nitrogen and oxygen atoms in total. The zero-order valence-electron chi connectivity index (χ0n) is 10.3. The van der Waals surface area contributed by atoms with Crippen LogP contribution in [0, 0.1) is 0 Å². The van der Waals surface area contributed by atoms with Crippen LogP contribution in [-0.2, 0) is 14.4 Å². The van der Waals surface area contributed by atoms with Gasteiger partial charge in [0.05, 0.1) is 0 Å². The number of fused-ring (bicyclic) bond motifs is 9. The number of hydrogen-bond donors (Lipinski definition) is 1. The number of carbonyl (C=O) groups excluding carboxylic acids is 3. The van der Waals surface area contributed by atoms with Crippen molar-refractivity contribution < 1.29 is 14.4 Å². The van der Waals surface area contributed by atoms with Crippen LogP contribution in [0.2, 0.25) is 0 Å². The van der Waals surface area contributed by atoms with E-state index >= 15 is 0 Å². The summed E-state index contributed by atoms with van der Waals surface area (Å²) in [5.74, 6) is -0.881. The molecule has 3 fully saturated rings. The molecule has 7 heteroatoms. The predicted molar refractivity (Wildman–Crippen MR) is 63.7 cm³/mol. The molecule has 3 saturated heterocycles. The molecular weight excluding hydrogens is 236 g/mol. The first-order valence-electron chi connectivity index (χ1n) is 6.20. The molecule has 0 aromatic heterocycles. The lowest BCUT2D eigenvalue weighted by molar-refractivity contribution is -0.156. The number of piperazine rings is 1. The molecule has 1 N–H and O–H groups in total. The summed E-state index contributed by atoms with van der Waals surface area (Å²) in [7, 11) is 0. The summed E-state index contributed by atoms with van der Waals surface area (Å²) in [4.78, 5) is 39.2. The van der Waals surface area contributed by atoms with Crippen LogP contribution >= 0.6 is 0 Å². The lowest BCUT2D eigenvalue weighted by Gasteiger charge is -2.35. The maximum atomic E-state index is 11.8. The fourth-order valence-corrected chi connectivity index (χ4v) is 2.17. The summed E-state index contributed by atoms with van der Waals surface area (Å²) in [5, 5.41) is 3.17. The van der Waals surface area contributed by atoms with Gasteiger partial charge < -0.3 is 20.0 Å². The van der Waals surface area contributed by atoms with Crippen LogP contribution in [0.3, 0.4) is 0 Å². The van der Waals surface area contributed by atoms with Gasteiger partial charge in [0.2, 0.25) is 6.41 Å². The van der Waals surface area contributed by atoms with Gasteiger partial charge in [0, 0.05) is 52.4 Å². The standard InChI is InChI=1S/C11H18N4O3/c16-9-13-3-1-12-2-4-14-7-8-15(6-5-13)11(18)10(14)17/h9,12H,1-8H2. The van der Waals surface area contributed by atoms with Crippen LogP contribution in [-0.4, -0.2) is 85.3 Å². The third-order valence-electron chi connectivity index (χ3n) is 3.34. The van der Waals surface area contributed by atoms with Crippen molar-refractivity contribution in [1.29, 1.82) is 0 Å². The molecule has 0 unspecified atom stereocenters. The predicted octanol–water partition coefficient (Wildman–Crippen LogP) is -2.28. The van der Waals surface area contributed by atoms with Crippen LogP contribution in [0.1, 0.15) is 0 Å². The Labute approximate surface area is 106 Å². The van der Waals surface area contributed by atoms with E-state index in [1.54, 1.807) is 9.80 Å². The third-order valence-corrected chi connectivity index (χ3v) is 3.34. The Morgan fingerprint density at radius 2 is 1.39 bits per heavy atom. The summed E-state index contributed by atoms with van der Waals surface area (Å²) >= 11 is 0. The lowest BCUT2D eigenvalue weighted by Crippen LogP contribution is -2.57. The summed E-state index contributed by atoms with van der Waals surface area (Å²) in [6, 6.07) is 0. The zero-order valence-corrected chi connectivity index (χ0v) is 10.3. The van der Waals surface area contributed by atoms with Crippen molar-refractivity contribution in [2.24, 2.45) is 0 Å². The molecule has 100 valence electrons. The quantitative estimate of drug-likeness (QED) is 0.423. The molecule has 0 aliphatic carbocycles. The zero-order chi connectivity index (χ0) is 13.0. The molecule has 18 heavy (non-hydrogen) atoms. The molecule has 3 heterocycles. The molecular formula is C11H18N4O3.